The number of para-hydroxylation sites is 2. The van der Waals surface area contributed by atoms with E-state index in [1.807, 2.05) is 42.5 Å². The van der Waals surface area contributed by atoms with Crippen molar-refractivity contribution in [3.8, 4) is 11.5 Å². The standard InChI is InChI=1S/C45H79O4P/c1-5-7-9-11-13-15-17-19-21-23-25-27-33-39-50(47,48,40-34-28-26-24-22-20-18-16-14-12-10-8-6-2)49-44-38-32-30-36-42(44)45(3,4)41-35-29-31-37-43(41)46/h29-32,35-38,46-48H,5-28,33-34,39-40H2,1-4H3. The molecule has 0 saturated heterocycles. The van der Waals surface area contributed by atoms with Crippen molar-refractivity contribution in [1.82, 2.24) is 0 Å². The first kappa shape index (κ1) is 44.6. The molecular formula is C45H79O4P. The Morgan fingerprint density at radius 2 is 0.780 bits per heavy atom. The summed E-state index contributed by atoms with van der Waals surface area (Å²) in [7, 11) is -4.48. The van der Waals surface area contributed by atoms with Crippen molar-refractivity contribution >= 4 is 7.28 Å². The third-order valence-electron chi connectivity index (χ3n) is 10.9. The van der Waals surface area contributed by atoms with Gasteiger partial charge >= 0.3 is 271 Å². The van der Waals surface area contributed by atoms with E-state index >= 15 is 0 Å². The Hall–Kier alpha value is -1.61. The van der Waals surface area contributed by atoms with Crippen LogP contribution < -0.4 is 4.52 Å². The maximum atomic E-state index is 12.2. The van der Waals surface area contributed by atoms with E-state index in [-0.39, 0.29) is 5.75 Å². The Morgan fingerprint density at radius 3 is 1.16 bits per heavy atom. The maximum absolute atomic E-state index is 12.2. The summed E-state index contributed by atoms with van der Waals surface area (Å²) >= 11 is 0. The number of rotatable bonds is 32. The second-order valence-corrected chi connectivity index (χ2v) is 19.6. The quantitative estimate of drug-likeness (QED) is 0.0521. The molecule has 0 bridgehead atoms. The molecule has 0 aromatic heterocycles. The molecule has 2 aromatic carbocycles. The molecule has 50 heavy (non-hydrogen) atoms. The van der Waals surface area contributed by atoms with Crippen molar-refractivity contribution in [1.29, 1.82) is 0 Å². The summed E-state index contributed by atoms with van der Waals surface area (Å²) in [5.41, 5.74) is 1.06. The second-order valence-electron chi connectivity index (χ2n) is 16.0. The molecule has 0 aliphatic rings. The van der Waals surface area contributed by atoms with Crippen LogP contribution in [0, 0.1) is 0 Å². The molecule has 0 heterocycles. The Bertz CT molecular complexity index is 1100. The SMILES string of the molecule is CCCCCCCCCCCCCCCP(O)(O)(CCCCCCCCCCCCCCC)Oc1ccccc1C(C)(C)c1ccccc1O. The molecule has 0 unspecified atom stereocenters. The van der Waals surface area contributed by atoms with Gasteiger partial charge in [-0.25, -0.2) is 0 Å². The molecule has 0 aliphatic carbocycles. The molecule has 5 heteroatoms. The number of hydrogen-bond donors (Lipinski definition) is 3. The van der Waals surface area contributed by atoms with E-state index in [2.05, 4.69) is 27.7 Å². The van der Waals surface area contributed by atoms with Crippen LogP contribution in [0.3, 0.4) is 0 Å². The molecule has 4 nitrogen and oxygen atoms in total. The van der Waals surface area contributed by atoms with Crippen LogP contribution in [0.1, 0.15) is 206 Å². The van der Waals surface area contributed by atoms with E-state index in [4.69, 9.17) is 4.52 Å². The van der Waals surface area contributed by atoms with Crippen molar-refractivity contribution < 1.29 is 19.4 Å². The molecule has 0 fully saturated rings. The molecule has 2 rings (SSSR count). The van der Waals surface area contributed by atoms with Gasteiger partial charge in [0.1, 0.15) is 0 Å². The van der Waals surface area contributed by atoms with Gasteiger partial charge in [-0.2, -0.15) is 0 Å². The van der Waals surface area contributed by atoms with Crippen LogP contribution in [0.5, 0.6) is 11.5 Å². The Balaban J connectivity index is 1.93. The van der Waals surface area contributed by atoms with E-state index in [1.165, 1.54) is 128 Å². The molecule has 0 radical (unpaired) electrons. The van der Waals surface area contributed by atoms with E-state index in [0.717, 1.165) is 49.7 Å². The number of aromatic hydroxyl groups is 1. The molecule has 0 saturated carbocycles. The molecular weight excluding hydrogens is 635 g/mol. The van der Waals surface area contributed by atoms with Gasteiger partial charge in [0, 0.05) is 0 Å². The van der Waals surface area contributed by atoms with Gasteiger partial charge in [-0.3, -0.25) is 0 Å². The molecule has 0 aliphatic heterocycles. The van der Waals surface area contributed by atoms with Crippen LogP contribution in [0.15, 0.2) is 48.5 Å². The van der Waals surface area contributed by atoms with Crippen LogP contribution in [0.25, 0.3) is 0 Å². The molecule has 2 aromatic rings. The summed E-state index contributed by atoms with van der Waals surface area (Å²) < 4.78 is 6.54. The Morgan fingerprint density at radius 1 is 0.460 bits per heavy atom. The number of hydrogen-bond acceptors (Lipinski definition) is 4. The van der Waals surface area contributed by atoms with Gasteiger partial charge in [0.25, 0.3) is 0 Å². The monoisotopic (exact) mass is 715 g/mol. The summed E-state index contributed by atoms with van der Waals surface area (Å²) in [6.07, 6.45) is 33.2. The van der Waals surface area contributed by atoms with E-state index < -0.39 is 12.7 Å². The predicted octanol–water partition coefficient (Wildman–Crippen LogP) is 14.6. The fraction of sp³-hybridized carbons (Fsp3) is 0.733. The summed E-state index contributed by atoms with van der Waals surface area (Å²) in [4.78, 5) is 24.4. The van der Waals surface area contributed by atoms with Gasteiger partial charge in [0.15, 0.2) is 0 Å². The zero-order valence-corrected chi connectivity index (χ0v) is 34.0. The number of unbranched alkanes of at least 4 members (excludes halogenated alkanes) is 24. The molecule has 3 N–H and O–H groups in total. The third kappa shape index (κ3) is 18.2. The van der Waals surface area contributed by atoms with Crippen molar-refractivity contribution in [2.24, 2.45) is 0 Å². The Kier molecular flexibility index (Phi) is 22.6. The van der Waals surface area contributed by atoms with Crippen LogP contribution in [0.2, 0.25) is 0 Å². The van der Waals surface area contributed by atoms with Crippen molar-refractivity contribution in [2.75, 3.05) is 12.3 Å². The van der Waals surface area contributed by atoms with E-state index in [1.54, 1.807) is 6.07 Å². The normalized spacial score (nSPS) is 13.0. The zero-order chi connectivity index (χ0) is 36.4. The zero-order valence-electron chi connectivity index (χ0n) is 33.1. The summed E-state index contributed by atoms with van der Waals surface area (Å²) in [5.74, 6) is 0.754. The molecule has 0 atom stereocenters. The first-order valence-electron chi connectivity index (χ1n) is 21.2. The minimum absolute atomic E-state index is 0.233. The fourth-order valence-electron chi connectivity index (χ4n) is 7.53. The van der Waals surface area contributed by atoms with Crippen LogP contribution in [-0.2, 0) is 5.41 Å². The summed E-state index contributed by atoms with van der Waals surface area (Å²) in [5, 5.41) is 10.7. The topological polar surface area (TPSA) is 69.9 Å². The molecule has 0 spiro atoms. The number of benzene rings is 2. The second kappa shape index (κ2) is 25.4. The number of phenolic OH excluding ortho intramolecular Hbond substituents is 1. The van der Waals surface area contributed by atoms with Gasteiger partial charge < -0.3 is 0 Å². The fourth-order valence-corrected chi connectivity index (χ4v) is 10.3. The molecule has 288 valence electrons. The van der Waals surface area contributed by atoms with Crippen molar-refractivity contribution in [3.05, 3.63) is 59.7 Å². The van der Waals surface area contributed by atoms with Gasteiger partial charge in [0.05, 0.1) is 0 Å². The van der Waals surface area contributed by atoms with Crippen LogP contribution in [-0.4, -0.2) is 27.2 Å². The van der Waals surface area contributed by atoms with Crippen molar-refractivity contribution in [3.63, 3.8) is 0 Å². The Labute approximate surface area is 309 Å². The van der Waals surface area contributed by atoms with Crippen LogP contribution >= 0.6 is 7.28 Å². The summed E-state index contributed by atoms with van der Waals surface area (Å²) in [6, 6.07) is 15.2. The first-order valence-corrected chi connectivity index (χ1v) is 23.6. The average Bonchev–Trinajstić information content (AvgIpc) is 3.09. The minimum atomic E-state index is -4.48. The molecule has 0 amide bonds. The van der Waals surface area contributed by atoms with Crippen LogP contribution in [0.4, 0.5) is 0 Å². The van der Waals surface area contributed by atoms with Gasteiger partial charge in [0.2, 0.25) is 0 Å². The first-order chi connectivity index (χ1) is 24.1. The van der Waals surface area contributed by atoms with Gasteiger partial charge in [-0.1, -0.05) is 39.5 Å². The van der Waals surface area contributed by atoms with Gasteiger partial charge in [-0.05, 0) is 0 Å². The number of phenols is 1. The average molecular weight is 715 g/mol. The van der Waals surface area contributed by atoms with Gasteiger partial charge in [-0.15, -0.1) is 0 Å². The third-order valence-corrected chi connectivity index (χ3v) is 13.9. The predicted molar refractivity (Wildman–Crippen MR) is 220 cm³/mol. The van der Waals surface area contributed by atoms with E-state index in [0.29, 0.717) is 18.1 Å². The van der Waals surface area contributed by atoms with E-state index in [9.17, 15) is 14.9 Å². The van der Waals surface area contributed by atoms with Crippen molar-refractivity contribution in [2.45, 2.75) is 200 Å². The summed E-state index contributed by atoms with van der Waals surface area (Å²) in [6.45, 7) is 8.67.